The van der Waals surface area contributed by atoms with Crippen molar-refractivity contribution in [1.82, 2.24) is 0 Å². The fourth-order valence-corrected chi connectivity index (χ4v) is 1.63. The summed E-state index contributed by atoms with van der Waals surface area (Å²) in [5.74, 6) is -0.361. The zero-order valence-electron chi connectivity index (χ0n) is 8.50. The molecule has 0 aromatic heterocycles. The van der Waals surface area contributed by atoms with Crippen molar-refractivity contribution >= 4 is 21.9 Å². The van der Waals surface area contributed by atoms with Gasteiger partial charge in [-0.05, 0) is 47.5 Å². The molecule has 0 heterocycles. The van der Waals surface area contributed by atoms with Crippen molar-refractivity contribution in [2.24, 2.45) is 0 Å². The molecule has 0 unspecified atom stereocenters. The molecule has 0 saturated heterocycles. The lowest BCUT2D eigenvalue weighted by Gasteiger charge is -2.06. The van der Waals surface area contributed by atoms with Gasteiger partial charge < -0.3 is 4.74 Å². The first-order chi connectivity index (χ1) is 7.10. The Hall–Kier alpha value is -1.34. The summed E-state index contributed by atoms with van der Waals surface area (Å²) >= 11 is 3.23. The van der Waals surface area contributed by atoms with Gasteiger partial charge in [0, 0.05) is 4.47 Å². The minimum absolute atomic E-state index is 0.343. The van der Waals surface area contributed by atoms with E-state index in [-0.39, 0.29) is 5.97 Å². The van der Waals surface area contributed by atoms with Crippen molar-refractivity contribution < 1.29 is 9.53 Å². The van der Waals surface area contributed by atoms with Gasteiger partial charge in [0.25, 0.3) is 0 Å². The van der Waals surface area contributed by atoms with Crippen molar-refractivity contribution in [3.8, 4) is 6.07 Å². The lowest BCUT2D eigenvalue weighted by atomic mass is 10.1. The number of halogens is 1. The van der Waals surface area contributed by atoms with Crippen molar-refractivity contribution in [3.05, 3.63) is 33.3 Å². The number of ether oxygens (including phenoxy) is 1. The summed E-state index contributed by atoms with van der Waals surface area (Å²) in [6, 6.07) is 5.32. The Kier molecular flexibility index (Phi) is 3.87. The Bertz CT molecular complexity index is 435. The molecule has 0 saturated carbocycles. The molecule has 4 heteroatoms. The molecule has 0 amide bonds. The second-order valence-corrected chi connectivity index (χ2v) is 3.83. The van der Waals surface area contributed by atoms with Crippen molar-refractivity contribution in [2.75, 3.05) is 6.61 Å². The van der Waals surface area contributed by atoms with E-state index in [0.717, 1.165) is 5.56 Å². The van der Waals surface area contributed by atoms with Gasteiger partial charge >= 0.3 is 5.97 Å². The lowest BCUT2D eigenvalue weighted by Crippen LogP contribution is -2.07. The van der Waals surface area contributed by atoms with E-state index in [0.29, 0.717) is 22.2 Å². The van der Waals surface area contributed by atoms with E-state index in [1.807, 2.05) is 6.07 Å². The van der Waals surface area contributed by atoms with Crippen LogP contribution in [0.25, 0.3) is 0 Å². The maximum atomic E-state index is 11.5. The largest absolute Gasteiger partial charge is 0.462 e. The molecule has 0 fully saturated rings. The number of nitriles is 1. The van der Waals surface area contributed by atoms with Gasteiger partial charge in [0.1, 0.15) is 6.07 Å². The number of aryl methyl sites for hydroxylation is 1. The number of carbonyl (C=O) groups is 1. The third kappa shape index (κ3) is 2.57. The highest BCUT2D eigenvalue weighted by Gasteiger charge is 2.12. The van der Waals surface area contributed by atoms with Crippen LogP contribution in [0.2, 0.25) is 0 Å². The molecule has 0 N–H and O–H groups in total. The molecule has 0 radical (unpaired) electrons. The smallest absolute Gasteiger partial charge is 0.338 e. The maximum absolute atomic E-state index is 11.5. The van der Waals surface area contributed by atoms with Crippen LogP contribution in [-0.2, 0) is 4.74 Å². The van der Waals surface area contributed by atoms with E-state index in [4.69, 9.17) is 10.00 Å². The minimum atomic E-state index is -0.361. The number of esters is 1. The molecule has 15 heavy (non-hydrogen) atoms. The van der Waals surface area contributed by atoms with Crippen LogP contribution >= 0.6 is 15.9 Å². The molecule has 0 aliphatic carbocycles. The molecule has 0 aliphatic heterocycles. The Morgan fingerprint density at radius 3 is 2.80 bits per heavy atom. The second-order valence-electron chi connectivity index (χ2n) is 2.98. The highest BCUT2D eigenvalue weighted by Crippen LogP contribution is 2.21. The fourth-order valence-electron chi connectivity index (χ4n) is 1.20. The van der Waals surface area contributed by atoms with Gasteiger partial charge in [-0.1, -0.05) is 0 Å². The second kappa shape index (κ2) is 4.94. The number of nitrogens with zero attached hydrogens (tertiary/aromatic N) is 1. The number of benzene rings is 1. The van der Waals surface area contributed by atoms with E-state index in [2.05, 4.69) is 15.9 Å². The van der Waals surface area contributed by atoms with Crippen LogP contribution in [0.3, 0.4) is 0 Å². The van der Waals surface area contributed by atoms with Gasteiger partial charge in [0.2, 0.25) is 0 Å². The maximum Gasteiger partial charge on any atom is 0.338 e. The van der Waals surface area contributed by atoms with Crippen LogP contribution < -0.4 is 0 Å². The zero-order valence-corrected chi connectivity index (χ0v) is 10.1. The highest BCUT2D eigenvalue weighted by atomic mass is 79.9. The van der Waals surface area contributed by atoms with E-state index in [1.165, 1.54) is 0 Å². The van der Waals surface area contributed by atoms with Crippen molar-refractivity contribution in [1.29, 1.82) is 5.26 Å². The average molecular weight is 268 g/mol. The predicted molar refractivity (Wildman–Crippen MR) is 59.6 cm³/mol. The summed E-state index contributed by atoms with van der Waals surface area (Å²) in [6.45, 7) is 3.88. The molecule has 78 valence electrons. The van der Waals surface area contributed by atoms with Crippen LogP contribution in [0.1, 0.15) is 28.4 Å². The number of hydrogen-bond donors (Lipinski definition) is 0. The predicted octanol–water partition coefficient (Wildman–Crippen LogP) is 2.81. The van der Waals surface area contributed by atoms with Gasteiger partial charge in [-0.3, -0.25) is 0 Å². The van der Waals surface area contributed by atoms with Crippen molar-refractivity contribution in [2.45, 2.75) is 13.8 Å². The highest BCUT2D eigenvalue weighted by molar-refractivity contribution is 9.10. The Labute approximate surface area is 96.8 Å². The normalized spacial score (nSPS) is 9.47. The molecule has 1 aromatic rings. The lowest BCUT2D eigenvalue weighted by molar-refractivity contribution is 0.0525. The molecular formula is C11H10BrNO2. The van der Waals surface area contributed by atoms with Gasteiger partial charge in [0.05, 0.1) is 17.7 Å². The zero-order chi connectivity index (χ0) is 11.4. The molecule has 0 spiro atoms. The van der Waals surface area contributed by atoms with E-state index in [1.54, 1.807) is 26.0 Å². The minimum Gasteiger partial charge on any atom is -0.462 e. The molecule has 0 atom stereocenters. The first-order valence-corrected chi connectivity index (χ1v) is 5.26. The molecule has 0 aliphatic rings. The SMILES string of the molecule is CCOC(=O)c1cc(Br)c(C#N)cc1C. The summed E-state index contributed by atoms with van der Waals surface area (Å²) in [7, 11) is 0. The summed E-state index contributed by atoms with van der Waals surface area (Å²) in [5.41, 5.74) is 1.75. The fraction of sp³-hybridized carbons (Fsp3) is 0.273. The van der Waals surface area contributed by atoms with Crippen LogP contribution in [0.4, 0.5) is 0 Å². The standard InChI is InChI=1S/C11H10BrNO2/c1-3-15-11(14)9-5-10(12)8(6-13)4-7(9)2/h4-5H,3H2,1-2H3. The third-order valence-electron chi connectivity index (χ3n) is 1.93. The Morgan fingerprint density at radius 1 is 1.60 bits per heavy atom. The monoisotopic (exact) mass is 267 g/mol. The van der Waals surface area contributed by atoms with E-state index < -0.39 is 0 Å². The van der Waals surface area contributed by atoms with Crippen molar-refractivity contribution in [3.63, 3.8) is 0 Å². The van der Waals surface area contributed by atoms with E-state index in [9.17, 15) is 4.79 Å². The van der Waals surface area contributed by atoms with Crippen LogP contribution in [0.15, 0.2) is 16.6 Å². The Balaban J connectivity index is 3.17. The average Bonchev–Trinajstić information content (AvgIpc) is 2.21. The quantitative estimate of drug-likeness (QED) is 0.775. The number of carbonyl (C=O) groups excluding carboxylic acids is 1. The molecule has 1 aromatic carbocycles. The van der Waals surface area contributed by atoms with E-state index >= 15 is 0 Å². The first-order valence-electron chi connectivity index (χ1n) is 4.47. The number of rotatable bonds is 2. The summed E-state index contributed by atoms with van der Waals surface area (Å²) in [4.78, 5) is 11.5. The summed E-state index contributed by atoms with van der Waals surface area (Å²) in [5, 5.41) is 8.78. The van der Waals surface area contributed by atoms with Gasteiger partial charge in [-0.15, -0.1) is 0 Å². The first kappa shape index (κ1) is 11.7. The molecule has 0 bridgehead atoms. The summed E-state index contributed by atoms with van der Waals surface area (Å²) < 4.78 is 5.50. The van der Waals surface area contributed by atoms with Crippen LogP contribution in [0, 0.1) is 18.3 Å². The van der Waals surface area contributed by atoms with Gasteiger partial charge in [-0.25, -0.2) is 4.79 Å². The van der Waals surface area contributed by atoms with Crippen LogP contribution in [0.5, 0.6) is 0 Å². The third-order valence-corrected chi connectivity index (χ3v) is 2.59. The Morgan fingerprint density at radius 2 is 2.27 bits per heavy atom. The summed E-state index contributed by atoms with van der Waals surface area (Å²) in [6.07, 6.45) is 0. The van der Waals surface area contributed by atoms with Gasteiger partial charge in [-0.2, -0.15) is 5.26 Å². The topological polar surface area (TPSA) is 50.1 Å². The molecule has 3 nitrogen and oxygen atoms in total. The van der Waals surface area contributed by atoms with Crippen LogP contribution in [-0.4, -0.2) is 12.6 Å². The molecule has 1 rings (SSSR count). The molecular weight excluding hydrogens is 258 g/mol. The number of hydrogen-bond acceptors (Lipinski definition) is 3. The van der Waals surface area contributed by atoms with Gasteiger partial charge in [0.15, 0.2) is 0 Å².